The van der Waals surface area contributed by atoms with Crippen molar-refractivity contribution in [2.75, 3.05) is 45.9 Å². The van der Waals surface area contributed by atoms with Crippen molar-refractivity contribution in [3.8, 4) is 6.07 Å². The number of ether oxygens (including phenoxy) is 1. The van der Waals surface area contributed by atoms with Gasteiger partial charge in [0, 0.05) is 44.9 Å². The summed E-state index contributed by atoms with van der Waals surface area (Å²) in [5.74, 6) is -0.330. The molecule has 2 rings (SSSR count). The summed E-state index contributed by atoms with van der Waals surface area (Å²) in [7, 11) is 0. The predicted molar refractivity (Wildman–Crippen MR) is 91.5 cm³/mol. The van der Waals surface area contributed by atoms with Gasteiger partial charge in [0.25, 0.3) is 11.6 Å². The maximum absolute atomic E-state index is 12.7. The Bertz CT molecular complexity index is 671. The molecule has 0 bridgehead atoms. The van der Waals surface area contributed by atoms with Gasteiger partial charge in [-0.25, -0.2) is 0 Å². The number of nitro benzene ring substituents is 1. The van der Waals surface area contributed by atoms with Gasteiger partial charge in [-0.15, -0.1) is 0 Å². The van der Waals surface area contributed by atoms with Crippen molar-refractivity contribution < 1.29 is 14.5 Å². The van der Waals surface area contributed by atoms with Crippen LogP contribution in [0.4, 0.5) is 5.69 Å². The Kier molecular flexibility index (Phi) is 7.13. The lowest BCUT2D eigenvalue weighted by Crippen LogP contribution is -2.43. The van der Waals surface area contributed by atoms with Crippen LogP contribution in [0.15, 0.2) is 18.2 Å². The quantitative estimate of drug-likeness (QED) is 0.540. The van der Waals surface area contributed by atoms with Crippen molar-refractivity contribution in [1.82, 2.24) is 9.80 Å². The van der Waals surface area contributed by atoms with Crippen molar-refractivity contribution in [2.45, 2.75) is 6.42 Å². The minimum absolute atomic E-state index is 0.0348. The van der Waals surface area contributed by atoms with Crippen LogP contribution in [0.25, 0.3) is 0 Å². The number of morpholine rings is 1. The predicted octanol–water partition coefficient (Wildman–Crippen LogP) is 1.94. The van der Waals surface area contributed by atoms with E-state index in [1.807, 2.05) is 6.07 Å². The van der Waals surface area contributed by atoms with Gasteiger partial charge in [0.15, 0.2) is 0 Å². The van der Waals surface area contributed by atoms with Crippen LogP contribution in [0.1, 0.15) is 16.8 Å². The van der Waals surface area contributed by atoms with Crippen LogP contribution < -0.4 is 0 Å². The molecule has 1 aromatic rings. The van der Waals surface area contributed by atoms with E-state index < -0.39 is 4.92 Å². The maximum Gasteiger partial charge on any atom is 0.270 e. The second kappa shape index (κ2) is 9.32. The fourth-order valence-corrected chi connectivity index (χ4v) is 2.80. The van der Waals surface area contributed by atoms with Crippen molar-refractivity contribution in [1.29, 1.82) is 5.26 Å². The van der Waals surface area contributed by atoms with Crippen molar-refractivity contribution in [3.63, 3.8) is 0 Å². The number of non-ortho nitro benzene ring substituents is 1. The molecule has 0 spiro atoms. The Labute approximate surface area is 150 Å². The van der Waals surface area contributed by atoms with Crippen LogP contribution in [0, 0.1) is 21.4 Å². The summed E-state index contributed by atoms with van der Waals surface area (Å²) >= 11 is 6.05. The highest BCUT2D eigenvalue weighted by Crippen LogP contribution is 2.23. The number of amides is 1. The average molecular weight is 367 g/mol. The third kappa shape index (κ3) is 5.39. The van der Waals surface area contributed by atoms with Crippen LogP contribution in [0.3, 0.4) is 0 Å². The first kappa shape index (κ1) is 19.1. The smallest absolute Gasteiger partial charge is 0.270 e. The molecule has 134 valence electrons. The zero-order valence-electron chi connectivity index (χ0n) is 13.7. The molecule has 0 saturated carbocycles. The Morgan fingerprint density at radius 3 is 2.72 bits per heavy atom. The van der Waals surface area contributed by atoms with Crippen LogP contribution in [-0.2, 0) is 4.74 Å². The van der Waals surface area contributed by atoms with E-state index in [2.05, 4.69) is 4.90 Å². The molecule has 1 saturated heterocycles. The van der Waals surface area contributed by atoms with Gasteiger partial charge in [0.2, 0.25) is 0 Å². The molecule has 1 aliphatic rings. The summed E-state index contributed by atoms with van der Waals surface area (Å²) in [5, 5.41) is 19.6. The topological polar surface area (TPSA) is 99.7 Å². The van der Waals surface area contributed by atoms with Crippen molar-refractivity contribution in [2.24, 2.45) is 0 Å². The van der Waals surface area contributed by atoms with Gasteiger partial charge in [-0.1, -0.05) is 11.6 Å². The van der Waals surface area contributed by atoms with Crippen molar-refractivity contribution in [3.05, 3.63) is 38.9 Å². The molecule has 9 heteroatoms. The molecule has 1 aliphatic heterocycles. The minimum atomic E-state index is -0.563. The second-order valence-corrected chi connectivity index (χ2v) is 5.98. The lowest BCUT2D eigenvalue weighted by molar-refractivity contribution is -0.384. The molecule has 0 aromatic heterocycles. The number of carbonyl (C=O) groups excluding carboxylic acids is 1. The molecule has 1 heterocycles. The monoisotopic (exact) mass is 366 g/mol. The van der Waals surface area contributed by atoms with E-state index in [4.69, 9.17) is 21.6 Å². The maximum atomic E-state index is 12.7. The van der Waals surface area contributed by atoms with Crippen LogP contribution in [0.2, 0.25) is 5.02 Å². The van der Waals surface area contributed by atoms with Gasteiger partial charge in [-0.2, -0.15) is 5.26 Å². The molecule has 0 N–H and O–H groups in total. The van der Waals surface area contributed by atoms with Crippen LogP contribution in [0.5, 0.6) is 0 Å². The third-order valence-corrected chi connectivity index (χ3v) is 4.28. The first-order valence-corrected chi connectivity index (χ1v) is 8.31. The first-order chi connectivity index (χ1) is 12.0. The van der Waals surface area contributed by atoms with Gasteiger partial charge >= 0.3 is 0 Å². The zero-order chi connectivity index (χ0) is 18.2. The standard InChI is InChI=1S/C16H19ClN4O4/c17-15-12-13(21(23)24)2-3-14(15)16(22)20(5-1-4-18)7-6-19-8-10-25-11-9-19/h2-3,12H,1,5-11H2. The normalized spacial score (nSPS) is 14.7. The molecule has 8 nitrogen and oxygen atoms in total. The summed E-state index contributed by atoms with van der Waals surface area (Å²) in [5.41, 5.74) is 0.0330. The number of halogens is 1. The fourth-order valence-electron chi connectivity index (χ4n) is 2.55. The molecular weight excluding hydrogens is 348 g/mol. The van der Waals surface area contributed by atoms with Crippen LogP contribution >= 0.6 is 11.6 Å². The SMILES string of the molecule is N#CCCN(CCN1CCOCC1)C(=O)c1ccc([N+](=O)[O-])cc1Cl. The van der Waals surface area contributed by atoms with Crippen molar-refractivity contribution >= 4 is 23.2 Å². The van der Waals surface area contributed by atoms with E-state index in [9.17, 15) is 14.9 Å². The molecule has 0 unspecified atom stereocenters. The lowest BCUT2D eigenvalue weighted by atomic mass is 10.1. The number of nitriles is 1. The van der Waals surface area contributed by atoms with Gasteiger partial charge in [0.05, 0.1) is 41.2 Å². The molecule has 1 fully saturated rings. The molecule has 0 aliphatic carbocycles. The number of hydrogen-bond donors (Lipinski definition) is 0. The molecule has 0 atom stereocenters. The average Bonchev–Trinajstić information content (AvgIpc) is 2.62. The summed E-state index contributed by atoms with van der Waals surface area (Å²) in [6, 6.07) is 5.81. The van der Waals surface area contributed by atoms with E-state index in [-0.39, 0.29) is 35.1 Å². The number of benzene rings is 1. The van der Waals surface area contributed by atoms with Gasteiger partial charge in [-0.3, -0.25) is 19.8 Å². The molecule has 25 heavy (non-hydrogen) atoms. The van der Waals surface area contributed by atoms with E-state index in [1.165, 1.54) is 18.2 Å². The number of nitro groups is 1. The fraction of sp³-hybridized carbons (Fsp3) is 0.500. The highest BCUT2D eigenvalue weighted by atomic mass is 35.5. The summed E-state index contributed by atoms with van der Waals surface area (Å²) in [6.45, 7) is 4.35. The first-order valence-electron chi connectivity index (χ1n) is 7.93. The summed E-state index contributed by atoms with van der Waals surface area (Å²) in [6.07, 6.45) is 0.208. The Hall–Kier alpha value is -2.21. The molecule has 0 radical (unpaired) electrons. The molecule has 1 amide bonds. The van der Waals surface area contributed by atoms with Gasteiger partial charge in [-0.05, 0) is 6.07 Å². The number of hydrogen-bond acceptors (Lipinski definition) is 6. The molecular formula is C16H19ClN4O4. The number of carbonyl (C=O) groups is 1. The lowest BCUT2D eigenvalue weighted by Gasteiger charge is -2.30. The highest BCUT2D eigenvalue weighted by molar-refractivity contribution is 6.34. The largest absolute Gasteiger partial charge is 0.379 e. The Morgan fingerprint density at radius 1 is 1.40 bits per heavy atom. The highest BCUT2D eigenvalue weighted by Gasteiger charge is 2.21. The van der Waals surface area contributed by atoms with Crippen LogP contribution in [-0.4, -0.2) is 66.6 Å². The Morgan fingerprint density at radius 2 is 2.12 bits per heavy atom. The number of nitrogens with zero attached hydrogens (tertiary/aromatic N) is 4. The van der Waals surface area contributed by atoms with E-state index in [0.29, 0.717) is 26.3 Å². The van der Waals surface area contributed by atoms with E-state index in [1.54, 1.807) is 4.90 Å². The zero-order valence-corrected chi connectivity index (χ0v) is 14.4. The summed E-state index contributed by atoms with van der Waals surface area (Å²) in [4.78, 5) is 26.7. The van der Waals surface area contributed by atoms with E-state index in [0.717, 1.165) is 13.1 Å². The number of rotatable bonds is 7. The molecule has 1 aromatic carbocycles. The summed E-state index contributed by atoms with van der Waals surface area (Å²) < 4.78 is 5.30. The second-order valence-electron chi connectivity index (χ2n) is 5.58. The Balaban J connectivity index is 2.08. The van der Waals surface area contributed by atoms with Gasteiger partial charge < -0.3 is 9.64 Å². The van der Waals surface area contributed by atoms with Gasteiger partial charge in [0.1, 0.15) is 0 Å². The minimum Gasteiger partial charge on any atom is -0.379 e. The third-order valence-electron chi connectivity index (χ3n) is 3.96. The van der Waals surface area contributed by atoms with E-state index >= 15 is 0 Å².